The van der Waals surface area contributed by atoms with Crippen LogP contribution in [0.15, 0.2) is 42.5 Å². The molecule has 0 saturated heterocycles. The average molecular weight is 426 g/mol. The van der Waals surface area contributed by atoms with Gasteiger partial charge in [0.2, 0.25) is 5.91 Å². The third kappa shape index (κ3) is 5.75. The Bertz CT molecular complexity index is 919. The third-order valence-corrected chi connectivity index (χ3v) is 5.11. The van der Waals surface area contributed by atoms with Crippen LogP contribution in [0.25, 0.3) is 0 Å². The lowest BCUT2D eigenvalue weighted by molar-refractivity contribution is -0.120. The van der Waals surface area contributed by atoms with E-state index in [0.717, 1.165) is 24.2 Å². The molecule has 0 aliphatic heterocycles. The molecule has 164 valence electrons. The van der Waals surface area contributed by atoms with Crippen LogP contribution < -0.4 is 15.4 Å². The van der Waals surface area contributed by atoms with Gasteiger partial charge in [0.05, 0.1) is 45.0 Å². The van der Waals surface area contributed by atoms with E-state index in [1.54, 1.807) is 7.11 Å². The van der Waals surface area contributed by atoms with Gasteiger partial charge >= 0.3 is 11.9 Å². The number of hydrogen-bond donors (Lipinski definition) is 2. The number of nitrogens with one attached hydrogen (secondary N) is 2. The van der Waals surface area contributed by atoms with E-state index >= 15 is 0 Å². The molecule has 0 radical (unpaired) electrons. The van der Waals surface area contributed by atoms with Gasteiger partial charge in [-0.05, 0) is 54.7 Å². The van der Waals surface area contributed by atoms with Crippen LogP contribution in [0.4, 0.5) is 5.69 Å². The molecule has 0 heterocycles. The predicted molar refractivity (Wildman–Crippen MR) is 114 cm³/mol. The summed E-state index contributed by atoms with van der Waals surface area (Å²) in [4.78, 5) is 36.4. The van der Waals surface area contributed by atoms with Crippen molar-refractivity contribution in [2.24, 2.45) is 5.92 Å². The molecule has 2 aromatic carbocycles. The van der Waals surface area contributed by atoms with Crippen LogP contribution in [0.5, 0.6) is 5.75 Å². The van der Waals surface area contributed by atoms with Crippen molar-refractivity contribution in [2.75, 3.05) is 33.2 Å². The molecule has 1 amide bonds. The fraction of sp³-hybridized carbons (Fsp3) is 0.348. The van der Waals surface area contributed by atoms with Crippen LogP contribution in [-0.2, 0) is 14.3 Å². The number of ether oxygens (including phenoxy) is 3. The van der Waals surface area contributed by atoms with Gasteiger partial charge in [-0.3, -0.25) is 4.79 Å². The molecule has 1 atom stereocenters. The van der Waals surface area contributed by atoms with E-state index in [-0.39, 0.29) is 29.6 Å². The molecular weight excluding hydrogens is 400 g/mol. The average Bonchev–Trinajstić information content (AvgIpc) is 3.65. The summed E-state index contributed by atoms with van der Waals surface area (Å²) in [7, 11) is 4.12. The number of benzene rings is 2. The number of rotatable bonds is 9. The maximum Gasteiger partial charge on any atom is 0.337 e. The maximum absolute atomic E-state index is 12.6. The summed E-state index contributed by atoms with van der Waals surface area (Å²) >= 11 is 0. The Labute approximate surface area is 180 Å². The molecule has 0 spiro atoms. The lowest BCUT2D eigenvalue weighted by atomic mass is 10.0. The maximum atomic E-state index is 12.6. The lowest BCUT2D eigenvalue weighted by Gasteiger charge is -2.20. The topological polar surface area (TPSA) is 103 Å². The first kappa shape index (κ1) is 22.1. The first-order valence-corrected chi connectivity index (χ1v) is 9.94. The summed E-state index contributed by atoms with van der Waals surface area (Å²) in [6.07, 6.45) is 2.13. The summed E-state index contributed by atoms with van der Waals surface area (Å²) < 4.78 is 14.7. The smallest absolute Gasteiger partial charge is 0.337 e. The standard InChI is InChI=1S/C23H26N2O6/c1-29-19-8-6-15(7-9-19)21(14-4-5-14)25-20(26)13-24-18-11-16(22(27)30-2)10-17(12-18)23(28)31-3/h6-12,14,21,24H,4-5,13H2,1-3H3,(H,25,26)/t21-/m0/s1. The second-order valence-corrected chi connectivity index (χ2v) is 7.29. The molecule has 1 aliphatic carbocycles. The Morgan fingerprint density at radius 1 is 0.935 bits per heavy atom. The minimum Gasteiger partial charge on any atom is -0.497 e. The van der Waals surface area contributed by atoms with Gasteiger partial charge in [0.25, 0.3) is 0 Å². The predicted octanol–water partition coefficient (Wildman–Crippen LogP) is 2.95. The summed E-state index contributed by atoms with van der Waals surface area (Å²) in [5.41, 5.74) is 1.83. The monoisotopic (exact) mass is 426 g/mol. The highest BCUT2D eigenvalue weighted by molar-refractivity contribution is 5.97. The molecule has 1 saturated carbocycles. The van der Waals surface area contributed by atoms with Crippen LogP contribution in [0.2, 0.25) is 0 Å². The molecule has 0 aromatic heterocycles. The van der Waals surface area contributed by atoms with E-state index in [2.05, 4.69) is 10.6 Å². The highest BCUT2D eigenvalue weighted by atomic mass is 16.5. The largest absolute Gasteiger partial charge is 0.497 e. The molecule has 0 bridgehead atoms. The van der Waals surface area contributed by atoms with Crippen LogP contribution in [-0.4, -0.2) is 45.7 Å². The lowest BCUT2D eigenvalue weighted by Crippen LogP contribution is -2.34. The Kier molecular flexibility index (Phi) is 7.12. The van der Waals surface area contributed by atoms with Crippen molar-refractivity contribution >= 4 is 23.5 Å². The van der Waals surface area contributed by atoms with Gasteiger partial charge in [-0.1, -0.05) is 12.1 Å². The number of amides is 1. The van der Waals surface area contributed by atoms with Gasteiger partial charge in [0.15, 0.2) is 0 Å². The van der Waals surface area contributed by atoms with Crippen molar-refractivity contribution in [3.8, 4) is 5.75 Å². The SMILES string of the molecule is COC(=O)c1cc(NCC(=O)N[C@H](c2ccc(OC)cc2)C2CC2)cc(C(=O)OC)c1. The van der Waals surface area contributed by atoms with Crippen molar-refractivity contribution in [1.29, 1.82) is 0 Å². The van der Waals surface area contributed by atoms with E-state index < -0.39 is 11.9 Å². The third-order valence-electron chi connectivity index (χ3n) is 5.11. The summed E-state index contributed by atoms with van der Waals surface area (Å²) in [5, 5.41) is 6.04. The fourth-order valence-corrected chi connectivity index (χ4v) is 3.32. The van der Waals surface area contributed by atoms with Crippen LogP contribution in [0, 0.1) is 5.92 Å². The number of carbonyl (C=O) groups is 3. The Hall–Kier alpha value is -3.55. The van der Waals surface area contributed by atoms with E-state index in [1.165, 1.54) is 32.4 Å². The zero-order valence-electron chi connectivity index (χ0n) is 17.8. The second kappa shape index (κ2) is 9.97. The number of anilines is 1. The highest BCUT2D eigenvalue weighted by Crippen LogP contribution is 2.41. The molecular formula is C23H26N2O6. The molecule has 1 aliphatic rings. The van der Waals surface area contributed by atoms with Gasteiger partial charge < -0.3 is 24.8 Å². The highest BCUT2D eigenvalue weighted by Gasteiger charge is 2.33. The molecule has 3 rings (SSSR count). The van der Waals surface area contributed by atoms with E-state index in [4.69, 9.17) is 14.2 Å². The van der Waals surface area contributed by atoms with Gasteiger partial charge in [-0.15, -0.1) is 0 Å². The van der Waals surface area contributed by atoms with Crippen molar-refractivity contribution in [3.05, 3.63) is 59.2 Å². The molecule has 0 unspecified atom stereocenters. The molecule has 31 heavy (non-hydrogen) atoms. The minimum atomic E-state index is -0.591. The zero-order valence-corrected chi connectivity index (χ0v) is 17.8. The van der Waals surface area contributed by atoms with E-state index in [0.29, 0.717) is 11.6 Å². The number of carbonyl (C=O) groups excluding carboxylic acids is 3. The molecule has 8 heteroatoms. The second-order valence-electron chi connectivity index (χ2n) is 7.29. The molecule has 2 N–H and O–H groups in total. The van der Waals surface area contributed by atoms with Crippen molar-refractivity contribution in [2.45, 2.75) is 18.9 Å². The normalized spacial score (nSPS) is 13.6. The summed E-state index contributed by atoms with van der Waals surface area (Å²) in [6, 6.07) is 12.0. The Balaban J connectivity index is 1.68. The summed E-state index contributed by atoms with van der Waals surface area (Å²) in [5.74, 6) is -0.210. The van der Waals surface area contributed by atoms with Gasteiger partial charge in [-0.2, -0.15) is 0 Å². The van der Waals surface area contributed by atoms with Gasteiger partial charge in [0, 0.05) is 5.69 Å². The van der Waals surface area contributed by atoms with Crippen molar-refractivity contribution < 1.29 is 28.6 Å². The van der Waals surface area contributed by atoms with Crippen molar-refractivity contribution in [3.63, 3.8) is 0 Å². The van der Waals surface area contributed by atoms with Crippen LogP contribution >= 0.6 is 0 Å². The van der Waals surface area contributed by atoms with E-state index in [1.807, 2.05) is 24.3 Å². The zero-order chi connectivity index (χ0) is 22.4. The first-order chi connectivity index (χ1) is 14.9. The molecule has 8 nitrogen and oxygen atoms in total. The quantitative estimate of drug-likeness (QED) is 0.594. The minimum absolute atomic E-state index is 0.0232. The van der Waals surface area contributed by atoms with Gasteiger partial charge in [-0.25, -0.2) is 9.59 Å². The van der Waals surface area contributed by atoms with Crippen LogP contribution in [0.1, 0.15) is 45.2 Å². The fourth-order valence-electron chi connectivity index (χ4n) is 3.32. The number of esters is 2. The number of methoxy groups -OCH3 is 3. The Morgan fingerprint density at radius 3 is 2.00 bits per heavy atom. The first-order valence-electron chi connectivity index (χ1n) is 9.94. The van der Waals surface area contributed by atoms with Crippen LogP contribution in [0.3, 0.4) is 0 Å². The summed E-state index contributed by atoms with van der Waals surface area (Å²) in [6.45, 7) is -0.0232. The molecule has 1 fully saturated rings. The van der Waals surface area contributed by atoms with Gasteiger partial charge in [0.1, 0.15) is 5.75 Å². The van der Waals surface area contributed by atoms with E-state index in [9.17, 15) is 14.4 Å². The Morgan fingerprint density at radius 2 is 1.52 bits per heavy atom. The van der Waals surface area contributed by atoms with Crippen molar-refractivity contribution in [1.82, 2.24) is 5.32 Å². The molecule has 2 aromatic rings. The number of hydrogen-bond acceptors (Lipinski definition) is 7.